The standard InChI is InChI=1S/C20H26F2N4O3S/c21-19(22)28-17-3-1-16(2-4-17)18-23-26(20(30)29-18)14-25-7-5-15(6-8-25)13-24-9-11-27-12-10-24/h1-4,15,19H,5-14H2. The minimum Gasteiger partial charge on any atom is -0.435 e. The third-order valence-electron chi connectivity index (χ3n) is 5.59. The van der Waals surface area contributed by atoms with Gasteiger partial charge in [0, 0.05) is 38.3 Å². The molecule has 10 heteroatoms. The maximum atomic E-state index is 12.3. The molecule has 2 fully saturated rings. The van der Waals surface area contributed by atoms with E-state index in [1.165, 1.54) is 12.1 Å². The molecule has 0 N–H and O–H groups in total. The Kier molecular flexibility index (Phi) is 7.08. The van der Waals surface area contributed by atoms with Gasteiger partial charge in [-0.25, -0.2) is 4.68 Å². The molecule has 0 aliphatic carbocycles. The molecular formula is C20H26F2N4O3S. The van der Waals surface area contributed by atoms with Gasteiger partial charge in [-0.2, -0.15) is 8.78 Å². The first kappa shape index (κ1) is 21.4. The fourth-order valence-electron chi connectivity index (χ4n) is 3.94. The van der Waals surface area contributed by atoms with Gasteiger partial charge in [0.1, 0.15) is 5.75 Å². The Balaban J connectivity index is 1.30. The number of piperidine rings is 1. The van der Waals surface area contributed by atoms with Gasteiger partial charge >= 0.3 is 6.61 Å². The highest BCUT2D eigenvalue weighted by molar-refractivity contribution is 7.71. The minimum atomic E-state index is -2.85. The summed E-state index contributed by atoms with van der Waals surface area (Å²) in [5.41, 5.74) is 0.658. The molecular weight excluding hydrogens is 414 g/mol. The van der Waals surface area contributed by atoms with Crippen molar-refractivity contribution in [3.63, 3.8) is 0 Å². The number of alkyl halides is 2. The monoisotopic (exact) mass is 440 g/mol. The van der Waals surface area contributed by atoms with Crippen LogP contribution in [-0.2, 0) is 11.4 Å². The largest absolute Gasteiger partial charge is 0.435 e. The van der Waals surface area contributed by atoms with E-state index in [0.29, 0.717) is 28.9 Å². The number of likely N-dealkylation sites (tertiary alicyclic amines) is 1. The quantitative estimate of drug-likeness (QED) is 0.611. The first-order chi connectivity index (χ1) is 14.6. The predicted octanol–water partition coefficient (Wildman–Crippen LogP) is 3.48. The summed E-state index contributed by atoms with van der Waals surface area (Å²) in [4.78, 5) is 5.13. The number of nitrogens with zero attached hydrogens (tertiary/aromatic N) is 4. The minimum absolute atomic E-state index is 0.0896. The molecule has 2 saturated heterocycles. The first-order valence-corrected chi connectivity index (χ1v) is 10.6. The molecule has 0 bridgehead atoms. The van der Waals surface area contributed by atoms with E-state index in [9.17, 15) is 8.78 Å². The van der Waals surface area contributed by atoms with Gasteiger partial charge in [-0.3, -0.25) is 9.80 Å². The zero-order chi connectivity index (χ0) is 20.9. The van der Waals surface area contributed by atoms with Crippen LogP contribution >= 0.6 is 12.2 Å². The molecule has 0 saturated carbocycles. The van der Waals surface area contributed by atoms with E-state index in [0.717, 1.165) is 58.8 Å². The van der Waals surface area contributed by atoms with Crippen LogP contribution in [0.4, 0.5) is 8.78 Å². The molecule has 164 valence electrons. The fourth-order valence-corrected chi connectivity index (χ4v) is 4.12. The van der Waals surface area contributed by atoms with Crippen molar-refractivity contribution in [1.82, 2.24) is 19.6 Å². The van der Waals surface area contributed by atoms with Gasteiger partial charge in [-0.05, 0) is 55.2 Å². The number of hydrogen-bond acceptors (Lipinski definition) is 7. The molecule has 3 heterocycles. The maximum Gasteiger partial charge on any atom is 0.387 e. The van der Waals surface area contributed by atoms with E-state index in [2.05, 4.69) is 19.6 Å². The van der Waals surface area contributed by atoms with Gasteiger partial charge in [-0.15, -0.1) is 5.10 Å². The summed E-state index contributed by atoms with van der Waals surface area (Å²) < 4.78 is 41.6. The van der Waals surface area contributed by atoms with Crippen LogP contribution in [0.2, 0.25) is 0 Å². The first-order valence-electron chi connectivity index (χ1n) is 10.2. The molecule has 1 aromatic carbocycles. The van der Waals surface area contributed by atoms with Crippen molar-refractivity contribution in [2.45, 2.75) is 26.1 Å². The second-order valence-corrected chi connectivity index (χ2v) is 8.04. The van der Waals surface area contributed by atoms with Gasteiger partial charge in [-0.1, -0.05) is 0 Å². The zero-order valence-electron chi connectivity index (χ0n) is 16.7. The molecule has 0 atom stereocenters. The molecule has 2 aliphatic heterocycles. The number of aromatic nitrogens is 2. The Morgan fingerprint density at radius 3 is 2.43 bits per heavy atom. The lowest BCUT2D eigenvalue weighted by Crippen LogP contribution is -2.43. The summed E-state index contributed by atoms with van der Waals surface area (Å²) in [6.45, 7) is 4.63. The third kappa shape index (κ3) is 5.63. The molecule has 1 aromatic heterocycles. The Morgan fingerprint density at radius 1 is 1.07 bits per heavy atom. The number of rotatable bonds is 7. The smallest absolute Gasteiger partial charge is 0.387 e. The van der Waals surface area contributed by atoms with Crippen LogP contribution in [0.25, 0.3) is 11.5 Å². The lowest BCUT2D eigenvalue weighted by Gasteiger charge is -2.35. The van der Waals surface area contributed by atoms with Crippen LogP contribution in [0.3, 0.4) is 0 Å². The van der Waals surface area contributed by atoms with E-state index in [1.54, 1.807) is 16.8 Å². The second-order valence-electron chi connectivity index (χ2n) is 7.69. The highest BCUT2D eigenvalue weighted by Gasteiger charge is 2.23. The number of morpholine rings is 1. The summed E-state index contributed by atoms with van der Waals surface area (Å²) in [5.74, 6) is 1.17. The van der Waals surface area contributed by atoms with Crippen molar-refractivity contribution < 1.29 is 22.7 Å². The van der Waals surface area contributed by atoms with Crippen LogP contribution in [0.15, 0.2) is 28.7 Å². The number of halogens is 2. The Morgan fingerprint density at radius 2 is 1.77 bits per heavy atom. The van der Waals surface area contributed by atoms with Gasteiger partial charge in [0.25, 0.3) is 4.84 Å². The maximum absolute atomic E-state index is 12.3. The van der Waals surface area contributed by atoms with Crippen molar-refractivity contribution in [1.29, 1.82) is 0 Å². The highest BCUT2D eigenvalue weighted by Crippen LogP contribution is 2.23. The van der Waals surface area contributed by atoms with Crippen molar-refractivity contribution in [2.75, 3.05) is 45.9 Å². The SMILES string of the molecule is FC(F)Oc1ccc(-c2nn(CN3CCC(CN4CCOCC4)CC3)c(=S)o2)cc1. The average Bonchev–Trinajstić information content (AvgIpc) is 3.10. The van der Waals surface area contributed by atoms with E-state index >= 15 is 0 Å². The van der Waals surface area contributed by atoms with E-state index in [-0.39, 0.29) is 5.75 Å². The molecule has 0 spiro atoms. The summed E-state index contributed by atoms with van der Waals surface area (Å²) in [6.07, 6.45) is 2.31. The molecule has 2 aliphatic rings. The average molecular weight is 441 g/mol. The van der Waals surface area contributed by atoms with Gasteiger partial charge in [0.15, 0.2) is 0 Å². The Labute approximate surface area is 179 Å². The van der Waals surface area contributed by atoms with Crippen LogP contribution in [0.5, 0.6) is 5.75 Å². The lowest BCUT2D eigenvalue weighted by atomic mass is 9.96. The third-order valence-corrected chi connectivity index (χ3v) is 5.89. The Bertz CT molecular complexity index is 860. The number of ether oxygens (including phenoxy) is 2. The topological polar surface area (TPSA) is 55.9 Å². The molecule has 30 heavy (non-hydrogen) atoms. The van der Waals surface area contributed by atoms with Gasteiger partial charge in [0.05, 0.1) is 19.9 Å². The zero-order valence-corrected chi connectivity index (χ0v) is 17.5. The molecule has 7 nitrogen and oxygen atoms in total. The number of benzene rings is 1. The van der Waals surface area contributed by atoms with E-state index in [1.807, 2.05) is 0 Å². The molecule has 0 unspecified atom stereocenters. The second kappa shape index (κ2) is 9.95. The lowest BCUT2D eigenvalue weighted by molar-refractivity contribution is -0.0498. The molecule has 0 radical (unpaired) electrons. The van der Waals surface area contributed by atoms with Crippen LogP contribution in [0.1, 0.15) is 12.8 Å². The molecule has 2 aromatic rings. The molecule has 4 rings (SSSR count). The summed E-state index contributed by atoms with van der Waals surface area (Å²) in [6, 6.07) is 6.16. The van der Waals surface area contributed by atoms with Crippen molar-refractivity contribution in [3.8, 4) is 17.2 Å². The van der Waals surface area contributed by atoms with Crippen LogP contribution in [0, 0.1) is 10.8 Å². The van der Waals surface area contributed by atoms with Crippen molar-refractivity contribution >= 4 is 12.2 Å². The summed E-state index contributed by atoms with van der Waals surface area (Å²) >= 11 is 5.32. The van der Waals surface area contributed by atoms with Crippen molar-refractivity contribution in [2.24, 2.45) is 5.92 Å². The van der Waals surface area contributed by atoms with Gasteiger partial charge in [0.2, 0.25) is 5.89 Å². The highest BCUT2D eigenvalue weighted by atomic mass is 32.1. The normalized spacial score (nSPS) is 19.4. The van der Waals surface area contributed by atoms with Gasteiger partial charge < -0.3 is 13.9 Å². The summed E-state index contributed by atoms with van der Waals surface area (Å²) in [7, 11) is 0. The fraction of sp³-hybridized carbons (Fsp3) is 0.600. The Hall–Kier alpha value is -1.88. The van der Waals surface area contributed by atoms with E-state index < -0.39 is 6.61 Å². The van der Waals surface area contributed by atoms with E-state index in [4.69, 9.17) is 21.4 Å². The molecule has 0 amide bonds. The van der Waals surface area contributed by atoms with Crippen LogP contribution in [-0.4, -0.2) is 72.1 Å². The van der Waals surface area contributed by atoms with Crippen LogP contribution < -0.4 is 4.74 Å². The number of hydrogen-bond donors (Lipinski definition) is 0. The summed E-state index contributed by atoms with van der Waals surface area (Å²) in [5, 5.41) is 4.47. The van der Waals surface area contributed by atoms with Crippen molar-refractivity contribution in [3.05, 3.63) is 29.1 Å². The predicted molar refractivity (Wildman–Crippen MR) is 109 cm³/mol.